The average Bonchev–Trinajstić information content (AvgIpc) is 2.60. The molecule has 7 nitrogen and oxygen atoms in total. The molecule has 0 bridgehead atoms. The van der Waals surface area contributed by atoms with E-state index in [1.54, 1.807) is 19.2 Å². The molecule has 8 heteroatoms. The molecule has 122 valence electrons. The van der Waals surface area contributed by atoms with Crippen LogP contribution in [-0.4, -0.2) is 33.9 Å². The highest BCUT2D eigenvalue weighted by Gasteiger charge is 2.06. The summed E-state index contributed by atoms with van der Waals surface area (Å²) in [4.78, 5) is 8.55. The van der Waals surface area contributed by atoms with Crippen LogP contribution in [0.2, 0.25) is 5.02 Å². The number of halogens is 1. The molecule has 0 atom stereocenters. The molecule has 0 aliphatic rings. The van der Waals surface area contributed by atoms with Crippen LogP contribution in [0.1, 0.15) is 0 Å². The van der Waals surface area contributed by atoms with Gasteiger partial charge in [-0.15, -0.1) is 5.11 Å². The van der Waals surface area contributed by atoms with Gasteiger partial charge < -0.3 is 10.4 Å². The molecule has 2 aromatic carbocycles. The molecule has 0 aliphatic heterocycles. The normalized spacial score (nSPS) is 11.1. The van der Waals surface area contributed by atoms with Gasteiger partial charge in [0.05, 0.1) is 11.2 Å². The van der Waals surface area contributed by atoms with Gasteiger partial charge in [-0.1, -0.05) is 22.9 Å². The largest absolute Gasteiger partial charge is 0.375 e. The monoisotopic (exact) mass is 342 g/mol. The average molecular weight is 343 g/mol. The van der Waals surface area contributed by atoms with Crippen LogP contribution in [0.3, 0.4) is 0 Å². The van der Waals surface area contributed by atoms with E-state index in [1.165, 1.54) is 11.3 Å². The van der Waals surface area contributed by atoms with Crippen LogP contribution in [-0.2, 0) is 0 Å². The first-order valence-corrected chi connectivity index (χ1v) is 7.54. The van der Waals surface area contributed by atoms with E-state index in [1.807, 2.05) is 30.3 Å². The fourth-order valence-electron chi connectivity index (χ4n) is 2.07. The highest BCUT2D eigenvalue weighted by Crippen LogP contribution is 2.27. The Morgan fingerprint density at radius 3 is 2.88 bits per heavy atom. The maximum absolute atomic E-state index is 8.95. The Labute approximate surface area is 143 Å². The zero-order valence-electron chi connectivity index (χ0n) is 12.9. The quantitative estimate of drug-likeness (QED) is 0.417. The van der Waals surface area contributed by atoms with Gasteiger partial charge in [0.1, 0.15) is 18.9 Å². The van der Waals surface area contributed by atoms with Crippen molar-refractivity contribution < 1.29 is 5.11 Å². The number of hydrogen-bond acceptors (Lipinski definition) is 6. The molecular formula is C16H15ClN6O. The molecule has 1 aromatic heterocycles. The topological polar surface area (TPSA) is 86.0 Å². The second-order valence-corrected chi connectivity index (χ2v) is 5.48. The van der Waals surface area contributed by atoms with E-state index in [0.29, 0.717) is 16.5 Å². The van der Waals surface area contributed by atoms with Crippen molar-refractivity contribution in [2.24, 2.45) is 10.3 Å². The lowest BCUT2D eigenvalue weighted by molar-refractivity contribution is 0.129. The number of benzene rings is 2. The molecule has 3 aromatic rings. The van der Waals surface area contributed by atoms with E-state index in [9.17, 15) is 0 Å². The fourth-order valence-corrected chi connectivity index (χ4v) is 2.26. The van der Waals surface area contributed by atoms with E-state index < -0.39 is 0 Å². The van der Waals surface area contributed by atoms with Crippen LogP contribution in [0, 0.1) is 0 Å². The van der Waals surface area contributed by atoms with Crippen LogP contribution < -0.4 is 5.32 Å². The Morgan fingerprint density at radius 1 is 1.21 bits per heavy atom. The first kappa shape index (κ1) is 16.1. The molecule has 0 aliphatic carbocycles. The molecule has 0 saturated heterocycles. The molecule has 0 saturated carbocycles. The second kappa shape index (κ2) is 7.20. The number of nitrogens with zero attached hydrogens (tertiary/aromatic N) is 5. The van der Waals surface area contributed by atoms with Gasteiger partial charge in [0.25, 0.3) is 0 Å². The number of hydrogen-bond donors (Lipinski definition) is 2. The minimum absolute atomic E-state index is 0.207. The van der Waals surface area contributed by atoms with Gasteiger partial charge in [0.2, 0.25) is 0 Å². The summed E-state index contributed by atoms with van der Waals surface area (Å²) in [5.41, 5.74) is 2.24. The van der Waals surface area contributed by atoms with Crippen LogP contribution in [0.4, 0.5) is 17.2 Å². The predicted molar refractivity (Wildman–Crippen MR) is 93.6 cm³/mol. The maximum Gasteiger partial charge on any atom is 0.141 e. The van der Waals surface area contributed by atoms with Gasteiger partial charge in [-0.05, 0) is 36.4 Å². The van der Waals surface area contributed by atoms with Crippen molar-refractivity contribution in [2.45, 2.75) is 0 Å². The Morgan fingerprint density at radius 2 is 2.08 bits per heavy atom. The lowest BCUT2D eigenvalue weighted by Crippen LogP contribution is -2.10. The number of aliphatic hydroxyl groups excluding tert-OH is 1. The van der Waals surface area contributed by atoms with Crippen LogP contribution in [0.5, 0.6) is 0 Å². The number of aliphatic hydroxyl groups is 1. The van der Waals surface area contributed by atoms with Gasteiger partial charge in [-0.2, -0.15) is 0 Å². The third-order valence-corrected chi connectivity index (χ3v) is 3.46. The first-order valence-electron chi connectivity index (χ1n) is 7.17. The van der Waals surface area contributed by atoms with E-state index in [-0.39, 0.29) is 6.73 Å². The summed E-state index contributed by atoms with van der Waals surface area (Å²) < 4.78 is 0. The molecule has 0 amide bonds. The summed E-state index contributed by atoms with van der Waals surface area (Å²) in [6.45, 7) is -0.207. The molecule has 24 heavy (non-hydrogen) atoms. The summed E-state index contributed by atoms with van der Waals surface area (Å²) in [6, 6.07) is 12.9. The SMILES string of the molecule is CN(CO)/N=N/c1ccc2ncnc(Nc3cccc(Cl)c3)c2c1. The van der Waals surface area contributed by atoms with Crippen molar-refractivity contribution in [1.29, 1.82) is 0 Å². The number of rotatable bonds is 5. The maximum atomic E-state index is 8.95. The molecule has 3 rings (SSSR count). The van der Waals surface area contributed by atoms with Gasteiger partial charge in [0, 0.05) is 23.1 Å². The van der Waals surface area contributed by atoms with Crippen molar-refractivity contribution in [3.8, 4) is 0 Å². The summed E-state index contributed by atoms with van der Waals surface area (Å²) in [6.07, 6.45) is 1.50. The molecule has 0 fully saturated rings. The van der Waals surface area contributed by atoms with Gasteiger partial charge in [-0.3, -0.25) is 5.01 Å². The van der Waals surface area contributed by atoms with Crippen LogP contribution >= 0.6 is 11.6 Å². The lowest BCUT2D eigenvalue weighted by atomic mass is 10.2. The van der Waals surface area contributed by atoms with E-state index in [2.05, 4.69) is 25.6 Å². The van der Waals surface area contributed by atoms with E-state index >= 15 is 0 Å². The molecule has 2 N–H and O–H groups in total. The number of aromatic nitrogens is 2. The third-order valence-electron chi connectivity index (χ3n) is 3.22. The number of nitrogens with one attached hydrogen (secondary N) is 1. The van der Waals surface area contributed by atoms with Crippen LogP contribution in [0.15, 0.2) is 59.1 Å². The third kappa shape index (κ3) is 3.76. The Hall–Kier alpha value is -2.77. The summed E-state index contributed by atoms with van der Waals surface area (Å²) in [5, 5.41) is 22.9. The minimum atomic E-state index is -0.207. The number of anilines is 2. The highest BCUT2D eigenvalue weighted by molar-refractivity contribution is 6.30. The summed E-state index contributed by atoms with van der Waals surface area (Å²) in [7, 11) is 1.62. The standard InChI is InChI=1S/C16H15ClN6O/c1-23(10-24)22-21-13-5-6-15-14(8-13)16(19-9-18-15)20-12-4-2-3-11(17)7-12/h2-9,24H,10H2,1H3,(H,18,19,20)/b22-21+. The molecular weight excluding hydrogens is 328 g/mol. The van der Waals surface area contributed by atoms with Gasteiger partial charge in [-0.25, -0.2) is 9.97 Å². The highest BCUT2D eigenvalue weighted by atomic mass is 35.5. The fraction of sp³-hybridized carbons (Fsp3) is 0.125. The zero-order chi connectivity index (χ0) is 16.9. The molecule has 0 radical (unpaired) electrons. The summed E-state index contributed by atoms with van der Waals surface area (Å²) in [5.74, 6) is 0.648. The van der Waals surface area contributed by atoms with Crippen LogP contribution in [0.25, 0.3) is 10.9 Å². The smallest absolute Gasteiger partial charge is 0.141 e. The minimum Gasteiger partial charge on any atom is -0.375 e. The van der Waals surface area contributed by atoms with Crippen molar-refractivity contribution >= 4 is 39.7 Å². The van der Waals surface area contributed by atoms with Gasteiger partial charge >= 0.3 is 0 Å². The van der Waals surface area contributed by atoms with Crippen molar-refractivity contribution in [3.05, 3.63) is 53.8 Å². The Balaban J connectivity index is 1.97. The first-order chi connectivity index (χ1) is 11.7. The number of fused-ring (bicyclic) bond motifs is 1. The van der Waals surface area contributed by atoms with Gasteiger partial charge in [0.15, 0.2) is 0 Å². The molecule has 0 spiro atoms. The molecule has 1 heterocycles. The van der Waals surface area contributed by atoms with Crippen molar-refractivity contribution in [3.63, 3.8) is 0 Å². The summed E-state index contributed by atoms with van der Waals surface area (Å²) >= 11 is 6.01. The predicted octanol–water partition coefficient (Wildman–Crippen LogP) is 3.91. The van der Waals surface area contributed by atoms with Crippen molar-refractivity contribution in [2.75, 3.05) is 19.1 Å². The molecule has 0 unspecified atom stereocenters. The second-order valence-electron chi connectivity index (χ2n) is 5.05. The van der Waals surface area contributed by atoms with E-state index in [0.717, 1.165) is 16.6 Å². The lowest BCUT2D eigenvalue weighted by Gasteiger charge is -2.09. The Kier molecular flexibility index (Phi) is 4.83. The van der Waals surface area contributed by atoms with Crippen molar-refractivity contribution in [1.82, 2.24) is 15.0 Å². The van der Waals surface area contributed by atoms with E-state index in [4.69, 9.17) is 16.7 Å². The zero-order valence-corrected chi connectivity index (χ0v) is 13.6. The Bertz CT molecular complexity index is 885.